The first kappa shape index (κ1) is 13.8. The Morgan fingerprint density at radius 2 is 1.43 bits per heavy atom. The number of nitrogens with zero attached hydrogens (tertiary/aromatic N) is 1. The number of rotatable bonds is 3. The molecule has 1 nitrogen and oxygen atoms in total. The van der Waals surface area contributed by atoms with Crippen molar-refractivity contribution >= 4 is 11.6 Å². The van der Waals surface area contributed by atoms with Crippen LogP contribution in [0.1, 0.15) is 28.3 Å². The van der Waals surface area contributed by atoms with Gasteiger partial charge in [0.05, 0.1) is 11.6 Å². The summed E-state index contributed by atoms with van der Waals surface area (Å²) in [6.45, 7) is 2.10. The van der Waals surface area contributed by atoms with Gasteiger partial charge in [-0.05, 0) is 42.3 Å². The lowest BCUT2D eigenvalue weighted by atomic mass is 9.88. The molecule has 0 saturated heterocycles. The molecule has 0 fully saturated rings. The predicted molar refractivity (Wildman–Crippen MR) is 87.8 cm³/mol. The fourth-order valence-electron chi connectivity index (χ4n) is 2.49. The molecule has 21 heavy (non-hydrogen) atoms. The highest BCUT2D eigenvalue weighted by molar-refractivity contribution is 6.30. The number of aromatic nitrogens is 1. The number of hydrogen-bond donors (Lipinski definition) is 0. The maximum absolute atomic E-state index is 6.01. The second-order valence-electron chi connectivity index (χ2n) is 5.15. The Kier molecular flexibility index (Phi) is 4.03. The van der Waals surface area contributed by atoms with E-state index in [9.17, 15) is 0 Å². The zero-order valence-electron chi connectivity index (χ0n) is 11.8. The number of benzene rings is 2. The van der Waals surface area contributed by atoms with Crippen LogP contribution in [0, 0.1) is 6.92 Å². The van der Waals surface area contributed by atoms with E-state index < -0.39 is 0 Å². The summed E-state index contributed by atoms with van der Waals surface area (Å²) in [6, 6.07) is 22.7. The molecule has 104 valence electrons. The van der Waals surface area contributed by atoms with Crippen molar-refractivity contribution in [3.05, 3.63) is 100 Å². The fourth-order valence-corrected chi connectivity index (χ4v) is 2.62. The van der Waals surface area contributed by atoms with E-state index in [0.29, 0.717) is 0 Å². The summed E-state index contributed by atoms with van der Waals surface area (Å²) in [7, 11) is 0. The molecule has 0 N–H and O–H groups in total. The Labute approximate surface area is 130 Å². The normalized spacial score (nSPS) is 12.1. The van der Waals surface area contributed by atoms with Crippen LogP contribution in [0.4, 0.5) is 0 Å². The van der Waals surface area contributed by atoms with Crippen LogP contribution in [0.15, 0.2) is 72.9 Å². The van der Waals surface area contributed by atoms with Crippen LogP contribution in [0.25, 0.3) is 0 Å². The minimum atomic E-state index is 0.129. The van der Waals surface area contributed by atoms with Crippen LogP contribution in [0.3, 0.4) is 0 Å². The van der Waals surface area contributed by atoms with E-state index in [2.05, 4.69) is 54.4 Å². The van der Waals surface area contributed by atoms with E-state index in [1.807, 2.05) is 30.5 Å². The molecule has 0 radical (unpaired) electrons. The Morgan fingerprint density at radius 3 is 2.00 bits per heavy atom. The summed E-state index contributed by atoms with van der Waals surface area (Å²) in [5.74, 6) is 0.129. The van der Waals surface area contributed by atoms with Crippen LogP contribution in [-0.4, -0.2) is 4.98 Å². The van der Waals surface area contributed by atoms with Gasteiger partial charge in [0.25, 0.3) is 0 Å². The SMILES string of the molecule is Cc1ccc(C(c2ccc(Cl)cc2)c2ccccn2)cc1. The maximum Gasteiger partial charge on any atom is 0.0522 e. The van der Waals surface area contributed by atoms with Crippen LogP contribution < -0.4 is 0 Å². The van der Waals surface area contributed by atoms with Gasteiger partial charge in [-0.25, -0.2) is 0 Å². The molecule has 1 heterocycles. The third kappa shape index (κ3) is 3.14. The van der Waals surface area contributed by atoms with Crippen molar-refractivity contribution in [3.8, 4) is 0 Å². The minimum Gasteiger partial charge on any atom is -0.260 e. The average Bonchev–Trinajstić information content (AvgIpc) is 2.52. The van der Waals surface area contributed by atoms with E-state index in [0.717, 1.165) is 10.7 Å². The van der Waals surface area contributed by atoms with Gasteiger partial charge >= 0.3 is 0 Å². The molecule has 1 atom stereocenters. The highest BCUT2D eigenvalue weighted by Crippen LogP contribution is 2.31. The summed E-state index contributed by atoms with van der Waals surface area (Å²) in [5, 5.41) is 0.752. The lowest BCUT2D eigenvalue weighted by molar-refractivity contribution is 0.918. The highest BCUT2D eigenvalue weighted by Gasteiger charge is 2.17. The molecule has 3 aromatic rings. The molecule has 2 heteroatoms. The first-order valence-corrected chi connectivity index (χ1v) is 7.35. The van der Waals surface area contributed by atoms with E-state index in [-0.39, 0.29) is 5.92 Å². The van der Waals surface area contributed by atoms with E-state index >= 15 is 0 Å². The zero-order chi connectivity index (χ0) is 14.7. The monoisotopic (exact) mass is 293 g/mol. The van der Waals surface area contributed by atoms with Gasteiger partial charge in [-0.2, -0.15) is 0 Å². The van der Waals surface area contributed by atoms with Gasteiger partial charge in [0.1, 0.15) is 0 Å². The Balaban J connectivity index is 2.11. The van der Waals surface area contributed by atoms with Crippen LogP contribution >= 0.6 is 11.6 Å². The molecule has 0 aliphatic rings. The Hall–Kier alpha value is -2.12. The topological polar surface area (TPSA) is 12.9 Å². The van der Waals surface area contributed by atoms with Gasteiger partial charge < -0.3 is 0 Å². The number of halogens is 1. The standard InChI is InChI=1S/C19H16ClN/c1-14-5-7-15(8-6-14)19(18-4-2-3-13-21-18)16-9-11-17(20)12-10-16/h2-13,19H,1H3. The summed E-state index contributed by atoms with van der Waals surface area (Å²) in [5.41, 5.74) is 4.74. The average molecular weight is 294 g/mol. The zero-order valence-corrected chi connectivity index (χ0v) is 12.6. The van der Waals surface area contributed by atoms with E-state index in [1.54, 1.807) is 0 Å². The van der Waals surface area contributed by atoms with Crippen molar-refractivity contribution in [2.24, 2.45) is 0 Å². The largest absolute Gasteiger partial charge is 0.260 e. The van der Waals surface area contributed by atoms with Gasteiger partial charge in [0, 0.05) is 11.2 Å². The fraction of sp³-hybridized carbons (Fsp3) is 0.105. The molecule has 1 aromatic heterocycles. The molecular formula is C19H16ClN. The molecular weight excluding hydrogens is 278 g/mol. The van der Waals surface area contributed by atoms with Gasteiger partial charge in [-0.15, -0.1) is 0 Å². The quantitative estimate of drug-likeness (QED) is 0.645. The first-order valence-electron chi connectivity index (χ1n) is 6.97. The molecule has 0 spiro atoms. The lowest BCUT2D eigenvalue weighted by Crippen LogP contribution is -2.05. The third-order valence-electron chi connectivity index (χ3n) is 3.60. The van der Waals surface area contributed by atoms with Gasteiger partial charge in [0.15, 0.2) is 0 Å². The first-order chi connectivity index (χ1) is 10.2. The van der Waals surface area contributed by atoms with Crippen LogP contribution in [-0.2, 0) is 0 Å². The number of pyridine rings is 1. The molecule has 0 amide bonds. The summed E-state index contributed by atoms with van der Waals surface area (Å²) in [4.78, 5) is 4.54. The van der Waals surface area contributed by atoms with Crippen molar-refractivity contribution in [1.82, 2.24) is 4.98 Å². The van der Waals surface area contributed by atoms with E-state index in [1.165, 1.54) is 16.7 Å². The Bertz CT molecular complexity index is 657. The molecule has 2 aromatic carbocycles. The molecule has 1 unspecified atom stereocenters. The summed E-state index contributed by atoms with van der Waals surface area (Å²) >= 11 is 6.01. The predicted octanol–water partition coefficient (Wildman–Crippen LogP) is 5.22. The molecule has 0 aliphatic carbocycles. The second kappa shape index (κ2) is 6.11. The third-order valence-corrected chi connectivity index (χ3v) is 3.85. The minimum absolute atomic E-state index is 0.129. The van der Waals surface area contributed by atoms with Crippen LogP contribution in [0.2, 0.25) is 5.02 Å². The van der Waals surface area contributed by atoms with Crippen molar-refractivity contribution in [3.63, 3.8) is 0 Å². The van der Waals surface area contributed by atoms with Crippen molar-refractivity contribution in [1.29, 1.82) is 0 Å². The van der Waals surface area contributed by atoms with E-state index in [4.69, 9.17) is 11.6 Å². The summed E-state index contributed by atoms with van der Waals surface area (Å²) < 4.78 is 0. The molecule has 0 bridgehead atoms. The van der Waals surface area contributed by atoms with Gasteiger partial charge in [-0.3, -0.25) is 4.98 Å². The maximum atomic E-state index is 6.01. The molecule has 0 aliphatic heterocycles. The van der Waals surface area contributed by atoms with Crippen molar-refractivity contribution in [2.45, 2.75) is 12.8 Å². The second-order valence-corrected chi connectivity index (χ2v) is 5.59. The number of aryl methyl sites for hydroxylation is 1. The van der Waals surface area contributed by atoms with Gasteiger partial charge in [-0.1, -0.05) is 59.6 Å². The van der Waals surface area contributed by atoms with Crippen molar-refractivity contribution in [2.75, 3.05) is 0 Å². The Morgan fingerprint density at radius 1 is 0.810 bits per heavy atom. The van der Waals surface area contributed by atoms with Crippen LogP contribution in [0.5, 0.6) is 0 Å². The summed E-state index contributed by atoms with van der Waals surface area (Å²) in [6.07, 6.45) is 1.84. The van der Waals surface area contributed by atoms with Gasteiger partial charge in [0.2, 0.25) is 0 Å². The molecule has 0 saturated carbocycles. The molecule has 3 rings (SSSR count). The lowest BCUT2D eigenvalue weighted by Gasteiger charge is -2.18. The number of hydrogen-bond acceptors (Lipinski definition) is 1. The van der Waals surface area contributed by atoms with Crippen molar-refractivity contribution < 1.29 is 0 Å². The highest BCUT2D eigenvalue weighted by atomic mass is 35.5. The smallest absolute Gasteiger partial charge is 0.0522 e.